The number of benzene rings is 1. The third kappa shape index (κ3) is 9.70. The first-order valence-corrected chi connectivity index (χ1v) is 17.5. The molecule has 2 fully saturated rings. The molecule has 53 heavy (non-hydrogen) atoms. The Balaban J connectivity index is 0.00000627. The number of alkyl carbamates (subject to hydrolysis) is 2. The first-order chi connectivity index (χ1) is 25.0. The van der Waals surface area contributed by atoms with E-state index in [2.05, 4.69) is 54.3 Å². The van der Waals surface area contributed by atoms with Crippen molar-refractivity contribution in [3.05, 3.63) is 59.6 Å². The van der Waals surface area contributed by atoms with Crippen LogP contribution in [0.4, 0.5) is 9.59 Å². The van der Waals surface area contributed by atoms with Gasteiger partial charge in [0.2, 0.25) is 11.8 Å². The summed E-state index contributed by atoms with van der Waals surface area (Å²) in [5.74, 6) is 12.6. The van der Waals surface area contributed by atoms with Crippen LogP contribution in [0.3, 0.4) is 0 Å². The lowest BCUT2D eigenvalue weighted by Crippen LogP contribution is -2.51. The van der Waals surface area contributed by atoms with Gasteiger partial charge in [-0.1, -0.05) is 45.7 Å². The zero-order valence-corrected chi connectivity index (χ0v) is 31.6. The van der Waals surface area contributed by atoms with Crippen LogP contribution in [0.1, 0.15) is 88.4 Å². The number of imidazole rings is 2. The molecule has 1 aromatic carbocycles. The molecular weight excluding hydrogens is 700 g/mol. The van der Waals surface area contributed by atoms with Crippen LogP contribution in [0.15, 0.2) is 36.7 Å². The molecule has 0 radical (unpaired) electrons. The first-order valence-electron chi connectivity index (χ1n) is 17.5. The number of amides is 4. The van der Waals surface area contributed by atoms with Gasteiger partial charge >= 0.3 is 12.2 Å². The zero-order chi connectivity index (χ0) is 37.4. The van der Waals surface area contributed by atoms with Gasteiger partial charge in [0.25, 0.3) is 0 Å². The smallest absolute Gasteiger partial charge is 0.407 e. The van der Waals surface area contributed by atoms with E-state index in [1.165, 1.54) is 14.2 Å². The van der Waals surface area contributed by atoms with Crippen molar-refractivity contribution >= 4 is 36.4 Å². The number of H-pyrrole nitrogens is 2. The third-order valence-corrected chi connectivity index (χ3v) is 9.34. The fourth-order valence-electron chi connectivity index (χ4n) is 6.54. The van der Waals surface area contributed by atoms with Gasteiger partial charge in [0.15, 0.2) is 0 Å². The highest BCUT2D eigenvalue weighted by Gasteiger charge is 2.38. The van der Waals surface area contributed by atoms with Crippen LogP contribution in [-0.2, 0) is 19.1 Å². The molecule has 0 spiro atoms. The van der Waals surface area contributed by atoms with E-state index in [0.717, 1.165) is 42.5 Å². The molecular formula is C38H47ClN8O6. The van der Waals surface area contributed by atoms with Gasteiger partial charge in [-0.15, -0.1) is 12.4 Å². The molecule has 0 aliphatic carbocycles. The minimum absolute atomic E-state index is 0. The summed E-state index contributed by atoms with van der Waals surface area (Å²) in [5, 5.41) is 5.33. The van der Waals surface area contributed by atoms with Crippen LogP contribution < -0.4 is 10.6 Å². The van der Waals surface area contributed by atoms with Crippen molar-refractivity contribution in [2.45, 2.75) is 77.5 Å². The molecule has 2 aromatic heterocycles. The van der Waals surface area contributed by atoms with Gasteiger partial charge in [-0.05, 0) is 73.0 Å². The van der Waals surface area contributed by atoms with Gasteiger partial charge in [0.1, 0.15) is 29.4 Å². The quantitative estimate of drug-likeness (QED) is 0.228. The van der Waals surface area contributed by atoms with E-state index in [-0.39, 0.29) is 48.1 Å². The molecule has 0 bridgehead atoms. The highest BCUT2D eigenvalue weighted by Crippen LogP contribution is 2.33. The van der Waals surface area contributed by atoms with E-state index in [1.807, 2.05) is 52.0 Å². The fourth-order valence-corrected chi connectivity index (χ4v) is 6.54. The van der Waals surface area contributed by atoms with Gasteiger partial charge < -0.3 is 39.9 Å². The molecule has 4 N–H and O–H groups in total. The predicted molar refractivity (Wildman–Crippen MR) is 199 cm³/mol. The number of aromatic nitrogens is 4. The minimum atomic E-state index is -0.703. The SMILES string of the molecule is COC(=O)N[C@H](C(=O)N1CCC[C@@H]1c1ncc(C#CC#Cc2ccc(-c3cnc([C@H]4CCCN4C(=O)[C@H](NC(=O)OC)C(C)C)[nH]3)cc2)[nH]1)C(C)C.Cl. The monoisotopic (exact) mass is 746 g/mol. The Kier molecular flexibility index (Phi) is 13.9. The van der Waals surface area contributed by atoms with Gasteiger partial charge in [-0.3, -0.25) is 9.59 Å². The molecule has 282 valence electrons. The van der Waals surface area contributed by atoms with E-state index in [1.54, 1.807) is 22.2 Å². The topological polar surface area (TPSA) is 175 Å². The number of hydrogen-bond donors (Lipinski definition) is 4. The Morgan fingerprint density at radius 1 is 0.755 bits per heavy atom. The maximum absolute atomic E-state index is 13.4. The van der Waals surface area contributed by atoms with Crippen molar-refractivity contribution in [2.24, 2.45) is 11.8 Å². The number of halogens is 1. The summed E-state index contributed by atoms with van der Waals surface area (Å²) >= 11 is 0. The van der Waals surface area contributed by atoms with Crippen LogP contribution in [-0.4, -0.2) is 93.1 Å². The lowest BCUT2D eigenvalue weighted by atomic mass is 10.0. The highest BCUT2D eigenvalue weighted by atomic mass is 35.5. The number of ether oxygens (including phenoxy) is 2. The number of methoxy groups -OCH3 is 2. The number of carbonyl (C=O) groups is 4. The number of aromatic amines is 2. The lowest BCUT2D eigenvalue weighted by molar-refractivity contribution is -0.136. The molecule has 2 aliphatic heterocycles. The summed E-state index contributed by atoms with van der Waals surface area (Å²) in [6.45, 7) is 8.68. The first kappa shape index (κ1) is 40.3. The molecule has 2 saturated heterocycles. The van der Waals surface area contributed by atoms with Gasteiger partial charge in [0, 0.05) is 18.7 Å². The van der Waals surface area contributed by atoms with E-state index in [9.17, 15) is 19.2 Å². The number of likely N-dealkylation sites (tertiary alicyclic amines) is 2. The summed E-state index contributed by atoms with van der Waals surface area (Å²) in [4.78, 5) is 69.8. The zero-order valence-electron chi connectivity index (χ0n) is 30.8. The van der Waals surface area contributed by atoms with E-state index >= 15 is 0 Å². The summed E-state index contributed by atoms with van der Waals surface area (Å²) < 4.78 is 9.44. The second-order valence-corrected chi connectivity index (χ2v) is 13.5. The number of nitrogens with zero attached hydrogens (tertiary/aromatic N) is 4. The number of nitrogens with one attached hydrogen (secondary N) is 4. The third-order valence-electron chi connectivity index (χ3n) is 9.34. The van der Waals surface area contributed by atoms with Crippen molar-refractivity contribution in [3.63, 3.8) is 0 Å². The van der Waals surface area contributed by atoms with Crippen molar-refractivity contribution in [1.29, 1.82) is 0 Å². The normalized spacial score (nSPS) is 17.5. The largest absolute Gasteiger partial charge is 0.453 e. The molecule has 4 atom stereocenters. The van der Waals surface area contributed by atoms with E-state index in [0.29, 0.717) is 30.4 Å². The average molecular weight is 747 g/mol. The maximum Gasteiger partial charge on any atom is 0.407 e. The Morgan fingerprint density at radius 3 is 1.75 bits per heavy atom. The van der Waals surface area contributed by atoms with Crippen molar-refractivity contribution < 1.29 is 28.7 Å². The standard InChI is InChI=1S/C38H46N8O6.ClH/c1-23(2)31(43-37(49)51-5)35(47)45-19-9-13-29(45)33-39-21-27(41-33)12-8-7-11-25-15-17-26(18-16-25)28-22-40-34(42-28)30-14-10-20-46(30)36(48)32(24(3)4)44-38(50)52-6;/h15-18,21-24,29-32H,9-10,13-14,19-20H2,1-6H3,(H,39,41)(H,40,42)(H,43,49)(H,44,50);1H/t29-,30-,31+,32-;/m1./s1. The van der Waals surface area contributed by atoms with Crippen molar-refractivity contribution in [2.75, 3.05) is 27.3 Å². The van der Waals surface area contributed by atoms with E-state index in [4.69, 9.17) is 9.47 Å². The Bertz CT molecular complexity index is 1880. The second kappa shape index (κ2) is 18.3. The Morgan fingerprint density at radius 2 is 1.25 bits per heavy atom. The van der Waals surface area contributed by atoms with E-state index < -0.39 is 24.3 Å². The van der Waals surface area contributed by atoms with Crippen LogP contribution in [0.5, 0.6) is 0 Å². The van der Waals surface area contributed by atoms with Gasteiger partial charge in [0.05, 0.1) is 44.4 Å². The number of carbonyl (C=O) groups excluding carboxylic acids is 4. The molecule has 0 saturated carbocycles. The number of rotatable bonds is 9. The maximum atomic E-state index is 13.4. The Hall–Kier alpha value is -5.47. The van der Waals surface area contributed by atoms with Gasteiger partial charge in [-0.2, -0.15) is 0 Å². The summed E-state index contributed by atoms with van der Waals surface area (Å²) in [6.07, 6.45) is 5.30. The van der Waals surface area contributed by atoms with Crippen LogP contribution >= 0.6 is 12.4 Å². The van der Waals surface area contributed by atoms with Crippen LogP contribution in [0.2, 0.25) is 0 Å². The summed E-state index contributed by atoms with van der Waals surface area (Å²) in [7, 11) is 2.55. The van der Waals surface area contributed by atoms with Crippen molar-refractivity contribution in [3.8, 4) is 34.9 Å². The average Bonchev–Trinajstić information content (AvgIpc) is 3.97. The summed E-state index contributed by atoms with van der Waals surface area (Å²) in [6, 6.07) is 5.84. The van der Waals surface area contributed by atoms with Crippen LogP contribution in [0.25, 0.3) is 11.3 Å². The summed E-state index contributed by atoms with van der Waals surface area (Å²) in [5.41, 5.74) is 3.11. The Labute approximate surface area is 316 Å². The fraction of sp³-hybridized carbons (Fsp3) is 0.474. The lowest BCUT2D eigenvalue weighted by Gasteiger charge is -2.30. The molecule has 3 aromatic rings. The van der Waals surface area contributed by atoms with Gasteiger partial charge in [-0.25, -0.2) is 19.6 Å². The molecule has 15 heteroatoms. The minimum Gasteiger partial charge on any atom is -0.453 e. The molecule has 4 amide bonds. The molecule has 2 aliphatic rings. The predicted octanol–water partition coefficient (Wildman–Crippen LogP) is 4.71. The number of hydrogen-bond acceptors (Lipinski definition) is 8. The van der Waals surface area contributed by atoms with Crippen LogP contribution in [0, 0.1) is 35.5 Å². The molecule has 0 unspecified atom stereocenters. The highest BCUT2D eigenvalue weighted by molar-refractivity contribution is 5.87. The molecule has 14 nitrogen and oxygen atoms in total. The van der Waals surface area contributed by atoms with Crippen molar-refractivity contribution in [1.82, 2.24) is 40.4 Å². The molecule has 4 heterocycles. The second-order valence-electron chi connectivity index (χ2n) is 13.5. The molecule has 5 rings (SSSR count).